The molecule has 4 aromatic rings. The molecule has 0 atom stereocenters. The Bertz CT molecular complexity index is 1080. The molecule has 1 N–H and O–H groups in total. The molecular formula is C20H16ClN3OS. The Labute approximate surface area is 160 Å². The first-order valence-corrected chi connectivity index (χ1v) is 9.43. The molecule has 1 amide bonds. The van der Waals surface area contributed by atoms with Gasteiger partial charge in [-0.2, -0.15) is 0 Å². The fraction of sp³-hybridized carbons (Fsp3) is 0.100. The van der Waals surface area contributed by atoms with E-state index in [2.05, 4.69) is 41.5 Å². The second-order valence-corrected chi connectivity index (χ2v) is 7.32. The number of anilines is 1. The van der Waals surface area contributed by atoms with E-state index in [0.717, 1.165) is 21.9 Å². The molecule has 26 heavy (non-hydrogen) atoms. The van der Waals surface area contributed by atoms with Crippen molar-refractivity contribution in [1.29, 1.82) is 0 Å². The summed E-state index contributed by atoms with van der Waals surface area (Å²) in [6, 6.07) is 15.5. The molecule has 0 aliphatic carbocycles. The van der Waals surface area contributed by atoms with Gasteiger partial charge in [-0.3, -0.25) is 9.20 Å². The third-order valence-corrected chi connectivity index (χ3v) is 5.34. The Balaban J connectivity index is 1.56. The lowest BCUT2D eigenvalue weighted by Crippen LogP contribution is -2.15. The number of hydrogen-bond donors (Lipinski definition) is 1. The van der Waals surface area contributed by atoms with E-state index in [-0.39, 0.29) is 12.3 Å². The van der Waals surface area contributed by atoms with Crippen molar-refractivity contribution >= 4 is 39.5 Å². The zero-order chi connectivity index (χ0) is 18.1. The first-order chi connectivity index (χ1) is 12.6. The number of benzene rings is 2. The molecule has 0 radical (unpaired) electrons. The molecule has 0 aliphatic heterocycles. The Kier molecular flexibility index (Phi) is 4.49. The van der Waals surface area contributed by atoms with Crippen LogP contribution in [0.25, 0.3) is 16.2 Å². The number of rotatable bonds is 4. The lowest BCUT2D eigenvalue weighted by molar-refractivity contribution is -0.115. The van der Waals surface area contributed by atoms with Gasteiger partial charge in [0.2, 0.25) is 5.91 Å². The van der Waals surface area contributed by atoms with Gasteiger partial charge in [-0.15, -0.1) is 11.3 Å². The van der Waals surface area contributed by atoms with Crippen LogP contribution in [0, 0.1) is 6.92 Å². The molecule has 2 heterocycles. The number of carbonyl (C=O) groups excluding carboxylic acids is 1. The number of halogens is 1. The number of thiazole rings is 1. The quantitative estimate of drug-likeness (QED) is 0.527. The van der Waals surface area contributed by atoms with E-state index in [1.54, 1.807) is 12.1 Å². The minimum atomic E-state index is -0.108. The highest BCUT2D eigenvalue weighted by Gasteiger charge is 2.13. The smallest absolute Gasteiger partial charge is 0.230 e. The van der Waals surface area contributed by atoms with E-state index in [1.807, 2.05) is 28.1 Å². The van der Waals surface area contributed by atoms with E-state index in [9.17, 15) is 4.79 Å². The van der Waals surface area contributed by atoms with Gasteiger partial charge >= 0.3 is 0 Å². The van der Waals surface area contributed by atoms with Crippen LogP contribution in [0.2, 0.25) is 5.02 Å². The highest BCUT2D eigenvalue weighted by molar-refractivity contribution is 7.15. The number of nitrogens with zero attached hydrogens (tertiary/aromatic N) is 2. The van der Waals surface area contributed by atoms with Crippen LogP contribution in [0.5, 0.6) is 0 Å². The number of hydrogen-bond acceptors (Lipinski definition) is 3. The van der Waals surface area contributed by atoms with Gasteiger partial charge in [-0.05, 0) is 19.1 Å². The lowest BCUT2D eigenvalue weighted by Gasteiger charge is -2.06. The number of fused-ring (bicyclic) bond motifs is 1. The van der Waals surface area contributed by atoms with Crippen molar-refractivity contribution in [2.45, 2.75) is 13.3 Å². The van der Waals surface area contributed by atoms with Crippen molar-refractivity contribution < 1.29 is 4.79 Å². The molecule has 0 aliphatic rings. The number of para-hydroxylation sites is 1. The molecule has 2 aromatic heterocycles. The fourth-order valence-corrected chi connectivity index (χ4v) is 3.80. The van der Waals surface area contributed by atoms with Gasteiger partial charge in [0, 0.05) is 22.8 Å². The SMILES string of the molecule is Cc1ccc(-c2cn3c(CC(=O)Nc4ccccc4Cl)csc3n2)cc1. The summed E-state index contributed by atoms with van der Waals surface area (Å²) in [5, 5.41) is 5.35. The van der Waals surface area contributed by atoms with E-state index in [1.165, 1.54) is 16.9 Å². The van der Waals surface area contributed by atoms with Gasteiger partial charge in [0.05, 0.1) is 22.8 Å². The van der Waals surface area contributed by atoms with Crippen molar-refractivity contribution in [1.82, 2.24) is 9.38 Å². The van der Waals surface area contributed by atoms with Crippen LogP contribution >= 0.6 is 22.9 Å². The Morgan fingerprint density at radius 3 is 2.73 bits per heavy atom. The molecule has 2 aromatic carbocycles. The predicted molar refractivity (Wildman–Crippen MR) is 107 cm³/mol. The summed E-state index contributed by atoms with van der Waals surface area (Å²) in [4.78, 5) is 17.9. The number of nitrogens with one attached hydrogen (secondary N) is 1. The first kappa shape index (κ1) is 16.8. The predicted octanol–water partition coefficient (Wildman–Crippen LogP) is 5.21. The third kappa shape index (κ3) is 3.36. The van der Waals surface area contributed by atoms with Crippen LogP contribution < -0.4 is 5.32 Å². The summed E-state index contributed by atoms with van der Waals surface area (Å²) in [5.41, 5.74) is 4.71. The van der Waals surface area contributed by atoms with Gasteiger partial charge in [0.1, 0.15) is 0 Å². The lowest BCUT2D eigenvalue weighted by atomic mass is 10.1. The summed E-state index contributed by atoms with van der Waals surface area (Å²) in [6.45, 7) is 2.06. The van der Waals surface area contributed by atoms with Crippen LogP contribution in [-0.2, 0) is 11.2 Å². The molecule has 4 rings (SSSR count). The largest absolute Gasteiger partial charge is 0.324 e. The zero-order valence-corrected chi connectivity index (χ0v) is 15.6. The Morgan fingerprint density at radius 1 is 1.19 bits per heavy atom. The van der Waals surface area contributed by atoms with Crippen molar-refractivity contribution in [3.63, 3.8) is 0 Å². The second-order valence-electron chi connectivity index (χ2n) is 6.08. The maximum atomic E-state index is 12.4. The monoisotopic (exact) mass is 381 g/mol. The van der Waals surface area contributed by atoms with Crippen LogP contribution in [0.1, 0.15) is 11.3 Å². The molecule has 0 saturated carbocycles. The molecule has 4 nitrogen and oxygen atoms in total. The maximum absolute atomic E-state index is 12.4. The van der Waals surface area contributed by atoms with Gasteiger partial charge in [0.25, 0.3) is 0 Å². The van der Waals surface area contributed by atoms with Crippen molar-refractivity contribution in [3.05, 3.63) is 76.4 Å². The first-order valence-electron chi connectivity index (χ1n) is 8.17. The molecule has 0 spiro atoms. The highest BCUT2D eigenvalue weighted by atomic mass is 35.5. The van der Waals surface area contributed by atoms with E-state index in [4.69, 9.17) is 11.6 Å². The van der Waals surface area contributed by atoms with Gasteiger partial charge in [-0.1, -0.05) is 53.6 Å². The average Bonchev–Trinajstić information content (AvgIpc) is 3.20. The molecule has 0 unspecified atom stereocenters. The highest BCUT2D eigenvalue weighted by Crippen LogP contribution is 2.25. The summed E-state index contributed by atoms with van der Waals surface area (Å²) in [7, 11) is 0. The van der Waals surface area contributed by atoms with Crippen LogP contribution in [0.15, 0.2) is 60.1 Å². The standard InChI is InChI=1S/C20H16ClN3OS/c1-13-6-8-14(9-7-13)18-11-24-15(12-26-20(24)23-18)10-19(25)22-17-5-3-2-4-16(17)21/h2-9,11-12H,10H2,1H3,(H,22,25). The van der Waals surface area contributed by atoms with E-state index >= 15 is 0 Å². The number of imidazole rings is 1. The van der Waals surface area contributed by atoms with E-state index in [0.29, 0.717) is 10.7 Å². The number of aromatic nitrogens is 2. The summed E-state index contributed by atoms with van der Waals surface area (Å²) >= 11 is 7.63. The fourth-order valence-electron chi connectivity index (χ4n) is 2.74. The number of carbonyl (C=O) groups is 1. The van der Waals surface area contributed by atoms with Crippen molar-refractivity contribution in [2.75, 3.05) is 5.32 Å². The maximum Gasteiger partial charge on any atom is 0.230 e. The summed E-state index contributed by atoms with van der Waals surface area (Å²) in [6.07, 6.45) is 2.24. The van der Waals surface area contributed by atoms with Gasteiger partial charge < -0.3 is 5.32 Å². The number of amides is 1. The Morgan fingerprint density at radius 2 is 1.96 bits per heavy atom. The Hall–Kier alpha value is -2.63. The van der Waals surface area contributed by atoms with E-state index < -0.39 is 0 Å². The van der Waals surface area contributed by atoms with Crippen LogP contribution in [0.4, 0.5) is 5.69 Å². The summed E-state index contributed by atoms with van der Waals surface area (Å²) < 4.78 is 1.98. The van der Waals surface area contributed by atoms with Gasteiger partial charge in [-0.25, -0.2) is 4.98 Å². The molecule has 130 valence electrons. The topological polar surface area (TPSA) is 46.4 Å². The summed E-state index contributed by atoms with van der Waals surface area (Å²) in [5.74, 6) is -0.108. The minimum Gasteiger partial charge on any atom is -0.324 e. The molecule has 0 saturated heterocycles. The molecule has 0 fully saturated rings. The average molecular weight is 382 g/mol. The van der Waals surface area contributed by atoms with Crippen LogP contribution in [0.3, 0.4) is 0 Å². The van der Waals surface area contributed by atoms with Crippen molar-refractivity contribution in [2.24, 2.45) is 0 Å². The van der Waals surface area contributed by atoms with Crippen LogP contribution in [-0.4, -0.2) is 15.3 Å². The van der Waals surface area contributed by atoms with Gasteiger partial charge in [0.15, 0.2) is 4.96 Å². The molecule has 6 heteroatoms. The normalized spacial score (nSPS) is 11.0. The van der Waals surface area contributed by atoms with Crippen molar-refractivity contribution in [3.8, 4) is 11.3 Å². The minimum absolute atomic E-state index is 0.108. The molecular weight excluding hydrogens is 366 g/mol. The number of aryl methyl sites for hydroxylation is 1. The second kappa shape index (κ2) is 6.94. The zero-order valence-electron chi connectivity index (χ0n) is 14.1. The third-order valence-electron chi connectivity index (χ3n) is 4.12. The molecule has 0 bridgehead atoms.